The van der Waals surface area contributed by atoms with Gasteiger partial charge >= 0.3 is 0 Å². The summed E-state index contributed by atoms with van der Waals surface area (Å²) in [5.41, 5.74) is 4.19. The van der Waals surface area contributed by atoms with Crippen LogP contribution in [0, 0.1) is 0 Å². The lowest BCUT2D eigenvalue weighted by Gasteiger charge is -2.21. The van der Waals surface area contributed by atoms with Crippen LogP contribution in [0.3, 0.4) is 0 Å². The lowest BCUT2D eigenvalue weighted by Crippen LogP contribution is -2.11. The van der Waals surface area contributed by atoms with E-state index in [0.29, 0.717) is 5.75 Å². The third-order valence-electron chi connectivity index (χ3n) is 4.86. The molecule has 0 aliphatic heterocycles. The van der Waals surface area contributed by atoms with Crippen LogP contribution in [-0.2, 0) is 5.41 Å². The highest BCUT2D eigenvalue weighted by Gasteiger charge is 2.20. The van der Waals surface area contributed by atoms with Gasteiger partial charge in [0, 0.05) is 22.2 Å². The molecule has 2 aromatic heterocycles. The molecular formula is C26H24N2OS. The summed E-state index contributed by atoms with van der Waals surface area (Å²) in [6, 6.07) is 26.0. The van der Waals surface area contributed by atoms with Gasteiger partial charge in [-0.2, -0.15) is 0 Å². The molecule has 0 atom stereocenters. The van der Waals surface area contributed by atoms with Gasteiger partial charge in [0.25, 0.3) is 0 Å². The van der Waals surface area contributed by atoms with Gasteiger partial charge in [-0.25, -0.2) is 9.97 Å². The SMILES string of the molecule is CC(C)(C)c1cccc(-c2cccc(-c3cccc(Sc4ccccn4)c3)n2)c1O. The topological polar surface area (TPSA) is 46.0 Å². The summed E-state index contributed by atoms with van der Waals surface area (Å²) < 4.78 is 0. The quantitative estimate of drug-likeness (QED) is 0.393. The van der Waals surface area contributed by atoms with Crippen LogP contribution in [0.2, 0.25) is 0 Å². The Balaban J connectivity index is 1.69. The first-order chi connectivity index (χ1) is 14.4. The first kappa shape index (κ1) is 20.2. The highest BCUT2D eigenvalue weighted by molar-refractivity contribution is 7.99. The van der Waals surface area contributed by atoms with E-state index in [9.17, 15) is 5.11 Å². The molecule has 1 N–H and O–H groups in total. The molecular weight excluding hydrogens is 388 g/mol. The molecule has 4 rings (SSSR count). The number of aromatic hydroxyl groups is 1. The third kappa shape index (κ3) is 4.39. The number of phenolic OH excluding ortho intramolecular Hbond substituents is 1. The van der Waals surface area contributed by atoms with Gasteiger partial charge in [-0.1, -0.05) is 68.9 Å². The summed E-state index contributed by atoms with van der Waals surface area (Å²) >= 11 is 1.63. The van der Waals surface area contributed by atoms with Crippen LogP contribution in [0.5, 0.6) is 5.75 Å². The third-order valence-corrected chi connectivity index (χ3v) is 5.80. The average molecular weight is 413 g/mol. The van der Waals surface area contributed by atoms with Crippen molar-refractivity contribution in [3.8, 4) is 28.3 Å². The minimum Gasteiger partial charge on any atom is -0.507 e. The molecule has 0 aliphatic carbocycles. The average Bonchev–Trinajstić information content (AvgIpc) is 2.74. The van der Waals surface area contributed by atoms with Crippen molar-refractivity contribution in [1.29, 1.82) is 0 Å². The van der Waals surface area contributed by atoms with Crippen molar-refractivity contribution in [3.05, 3.63) is 90.6 Å². The van der Waals surface area contributed by atoms with Gasteiger partial charge in [-0.15, -0.1) is 0 Å². The second-order valence-corrected chi connectivity index (χ2v) is 9.25. The minimum absolute atomic E-state index is 0.144. The number of para-hydroxylation sites is 1. The zero-order valence-electron chi connectivity index (χ0n) is 17.3. The van der Waals surface area contributed by atoms with Gasteiger partial charge in [-0.05, 0) is 53.4 Å². The van der Waals surface area contributed by atoms with Crippen molar-refractivity contribution in [2.45, 2.75) is 36.1 Å². The molecule has 0 bridgehead atoms. The van der Waals surface area contributed by atoms with Crippen LogP contribution >= 0.6 is 11.8 Å². The minimum atomic E-state index is -0.144. The van der Waals surface area contributed by atoms with Crippen molar-refractivity contribution in [3.63, 3.8) is 0 Å². The lowest BCUT2D eigenvalue weighted by molar-refractivity contribution is 0.448. The van der Waals surface area contributed by atoms with E-state index in [0.717, 1.165) is 38.0 Å². The Morgan fingerprint density at radius 1 is 0.800 bits per heavy atom. The van der Waals surface area contributed by atoms with Crippen LogP contribution in [0.1, 0.15) is 26.3 Å². The lowest BCUT2D eigenvalue weighted by atomic mass is 9.85. The Morgan fingerprint density at radius 2 is 1.57 bits per heavy atom. The van der Waals surface area contributed by atoms with Crippen molar-refractivity contribution in [2.24, 2.45) is 0 Å². The van der Waals surface area contributed by atoms with Gasteiger partial charge in [0.05, 0.1) is 11.4 Å². The molecule has 150 valence electrons. The molecule has 4 aromatic rings. The highest BCUT2D eigenvalue weighted by atomic mass is 32.2. The van der Waals surface area contributed by atoms with E-state index in [1.807, 2.05) is 60.7 Å². The summed E-state index contributed by atoms with van der Waals surface area (Å²) in [6.07, 6.45) is 1.80. The molecule has 2 aromatic carbocycles. The van der Waals surface area contributed by atoms with E-state index >= 15 is 0 Å². The van der Waals surface area contributed by atoms with Crippen LogP contribution in [0.25, 0.3) is 22.5 Å². The monoisotopic (exact) mass is 412 g/mol. The molecule has 0 radical (unpaired) electrons. The molecule has 3 nitrogen and oxygen atoms in total. The van der Waals surface area contributed by atoms with Gasteiger partial charge in [0.2, 0.25) is 0 Å². The number of aromatic nitrogens is 2. The molecule has 0 aliphatic rings. The first-order valence-electron chi connectivity index (χ1n) is 9.91. The first-order valence-corrected chi connectivity index (χ1v) is 10.7. The van der Waals surface area contributed by atoms with Crippen LogP contribution in [0.4, 0.5) is 0 Å². The number of benzene rings is 2. The smallest absolute Gasteiger partial charge is 0.128 e. The molecule has 0 unspecified atom stereocenters. The summed E-state index contributed by atoms with van der Waals surface area (Å²) in [7, 11) is 0. The molecule has 0 saturated heterocycles. The van der Waals surface area contributed by atoms with E-state index in [-0.39, 0.29) is 5.41 Å². The second kappa shape index (κ2) is 8.33. The Morgan fingerprint density at radius 3 is 2.33 bits per heavy atom. The maximum atomic E-state index is 10.9. The molecule has 0 spiro atoms. The van der Waals surface area contributed by atoms with Crippen LogP contribution < -0.4 is 0 Å². The van der Waals surface area contributed by atoms with E-state index in [4.69, 9.17) is 4.98 Å². The van der Waals surface area contributed by atoms with Crippen molar-refractivity contribution >= 4 is 11.8 Å². The Labute approximate surface area is 181 Å². The number of pyridine rings is 2. The molecule has 4 heteroatoms. The number of hydrogen-bond acceptors (Lipinski definition) is 4. The maximum absolute atomic E-state index is 10.9. The van der Waals surface area contributed by atoms with Crippen LogP contribution in [-0.4, -0.2) is 15.1 Å². The summed E-state index contributed by atoms with van der Waals surface area (Å²) in [4.78, 5) is 10.4. The number of phenols is 1. The molecule has 0 fully saturated rings. The number of rotatable bonds is 4. The van der Waals surface area contributed by atoms with E-state index in [1.54, 1.807) is 18.0 Å². The summed E-state index contributed by atoms with van der Waals surface area (Å²) in [5, 5.41) is 11.9. The highest BCUT2D eigenvalue weighted by Crippen LogP contribution is 2.38. The van der Waals surface area contributed by atoms with Crippen molar-refractivity contribution in [2.75, 3.05) is 0 Å². The fourth-order valence-electron chi connectivity index (χ4n) is 3.35. The zero-order valence-corrected chi connectivity index (χ0v) is 18.1. The Hall–Kier alpha value is -3.11. The molecule has 2 heterocycles. The van der Waals surface area contributed by atoms with Gasteiger partial charge in [-0.3, -0.25) is 0 Å². The molecule has 0 amide bonds. The number of nitrogens with zero attached hydrogens (tertiary/aromatic N) is 2. The zero-order chi connectivity index (χ0) is 21.1. The standard InChI is InChI=1S/C26H24N2OS/c1-26(2,3)21-12-7-11-20(25(21)29)23-14-8-13-22(28-23)18-9-6-10-19(17-18)30-24-15-4-5-16-27-24/h4-17,29H,1-3H3. The van der Waals surface area contributed by atoms with E-state index in [1.165, 1.54) is 0 Å². The largest absolute Gasteiger partial charge is 0.507 e. The second-order valence-electron chi connectivity index (χ2n) is 8.16. The van der Waals surface area contributed by atoms with E-state index in [2.05, 4.69) is 44.0 Å². The van der Waals surface area contributed by atoms with Crippen molar-refractivity contribution < 1.29 is 5.11 Å². The van der Waals surface area contributed by atoms with Gasteiger partial charge < -0.3 is 5.11 Å². The summed E-state index contributed by atoms with van der Waals surface area (Å²) in [5.74, 6) is 0.300. The van der Waals surface area contributed by atoms with Crippen LogP contribution in [0.15, 0.2) is 95.0 Å². The Kier molecular flexibility index (Phi) is 5.60. The normalized spacial score (nSPS) is 11.4. The van der Waals surface area contributed by atoms with E-state index < -0.39 is 0 Å². The fourth-order valence-corrected chi connectivity index (χ4v) is 4.18. The fraction of sp³-hybridized carbons (Fsp3) is 0.154. The predicted molar refractivity (Wildman–Crippen MR) is 124 cm³/mol. The van der Waals surface area contributed by atoms with Crippen molar-refractivity contribution in [1.82, 2.24) is 9.97 Å². The summed E-state index contributed by atoms with van der Waals surface area (Å²) in [6.45, 7) is 6.29. The molecule has 30 heavy (non-hydrogen) atoms. The number of hydrogen-bond donors (Lipinski definition) is 1. The van der Waals surface area contributed by atoms with Gasteiger partial charge in [0.15, 0.2) is 0 Å². The van der Waals surface area contributed by atoms with Gasteiger partial charge in [0.1, 0.15) is 10.8 Å². The predicted octanol–water partition coefficient (Wildman–Crippen LogP) is 6.96. The Bertz CT molecular complexity index is 1170. The molecule has 0 saturated carbocycles. The maximum Gasteiger partial charge on any atom is 0.128 e.